The number of nitrogens with one attached hydrogen (secondary N) is 1. The van der Waals surface area contributed by atoms with Crippen LogP contribution in [0.3, 0.4) is 0 Å². The van der Waals surface area contributed by atoms with Gasteiger partial charge >= 0.3 is 0 Å². The Morgan fingerprint density at radius 2 is 2.00 bits per heavy atom. The Bertz CT molecular complexity index is 762. The zero-order valence-electron chi connectivity index (χ0n) is 11.9. The van der Waals surface area contributed by atoms with Crippen LogP contribution >= 0.6 is 11.3 Å². The molecule has 0 aliphatic heterocycles. The molecule has 2 aromatic heterocycles. The van der Waals surface area contributed by atoms with E-state index in [0.29, 0.717) is 0 Å². The molecule has 0 atom stereocenters. The first kappa shape index (κ1) is 13.1. The van der Waals surface area contributed by atoms with E-state index in [-0.39, 0.29) is 0 Å². The molecule has 0 amide bonds. The molecule has 0 aliphatic carbocycles. The van der Waals surface area contributed by atoms with Gasteiger partial charge < -0.3 is 5.32 Å². The molecule has 0 unspecified atom stereocenters. The molecule has 0 saturated heterocycles. The fraction of sp³-hybridized carbons (Fsp3) is 0.250. The summed E-state index contributed by atoms with van der Waals surface area (Å²) < 4.78 is 0. The van der Waals surface area contributed by atoms with Crippen molar-refractivity contribution in [2.75, 3.05) is 11.9 Å². The largest absolute Gasteiger partial charge is 0.362 e. The topological polar surface area (TPSA) is 37.8 Å². The molecule has 0 aliphatic rings. The maximum Gasteiger partial charge on any atom is 0.183 e. The van der Waals surface area contributed by atoms with Gasteiger partial charge in [0, 0.05) is 28.6 Å². The Balaban J connectivity index is 2.20. The lowest BCUT2D eigenvalue weighted by atomic mass is 10.0. The number of fused-ring (bicyclic) bond motifs is 1. The summed E-state index contributed by atoms with van der Waals surface area (Å²) in [6.07, 6.45) is 0. The van der Waals surface area contributed by atoms with E-state index in [1.165, 1.54) is 10.9 Å². The number of hydrogen-bond donors (Lipinski definition) is 1. The van der Waals surface area contributed by atoms with Crippen molar-refractivity contribution in [2.45, 2.75) is 20.8 Å². The van der Waals surface area contributed by atoms with Gasteiger partial charge in [0.15, 0.2) is 5.13 Å². The zero-order valence-corrected chi connectivity index (χ0v) is 12.7. The first-order valence-electron chi connectivity index (χ1n) is 6.75. The molecule has 102 valence electrons. The summed E-state index contributed by atoms with van der Waals surface area (Å²) in [6, 6.07) is 8.48. The van der Waals surface area contributed by atoms with E-state index in [1.54, 1.807) is 11.3 Å². The first-order valence-corrected chi connectivity index (χ1v) is 7.63. The molecule has 0 spiro atoms. The number of benzene rings is 1. The van der Waals surface area contributed by atoms with Gasteiger partial charge in [-0.2, -0.15) is 0 Å². The average molecular weight is 283 g/mol. The standard InChI is InChI=1S/C16H17N3S/c1-4-17-16-19-15(9-20-16)13-8-11(3)18-14-6-5-10(2)7-12(13)14/h5-9H,4H2,1-3H3,(H,17,19). The number of pyridine rings is 1. The van der Waals surface area contributed by atoms with Crippen molar-refractivity contribution < 1.29 is 0 Å². The van der Waals surface area contributed by atoms with Crippen molar-refractivity contribution in [3.63, 3.8) is 0 Å². The van der Waals surface area contributed by atoms with Gasteiger partial charge in [-0.15, -0.1) is 11.3 Å². The zero-order chi connectivity index (χ0) is 14.1. The molecule has 3 aromatic rings. The fourth-order valence-corrected chi connectivity index (χ4v) is 3.10. The average Bonchev–Trinajstić information content (AvgIpc) is 2.87. The van der Waals surface area contributed by atoms with Crippen molar-refractivity contribution in [1.82, 2.24) is 9.97 Å². The summed E-state index contributed by atoms with van der Waals surface area (Å²) >= 11 is 1.64. The van der Waals surface area contributed by atoms with Crippen LogP contribution < -0.4 is 5.32 Å². The predicted molar refractivity (Wildman–Crippen MR) is 86.5 cm³/mol. The molecule has 0 fully saturated rings. The maximum absolute atomic E-state index is 4.67. The summed E-state index contributed by atoms with van der Waals surface area (Å²) in [7, 11) is 0. The highest BCUT2D eigenvalue weighted by molar-refractivity contribution is 7.14. The van der Waals surface area contributed by atoms with Crippen LogP contribution in [0.2, 0.25) is 0 Å². The van der Waals surface area contributed by atoms with Gasteiger partial charge in [-0.1, -0.05) is 11.6 Å². The lowest BCUT2D eigenvalue weighted by Gasteiger charge is -2.06. The summed E-state index contributed by atoms with van der Waals surface area (Å²) in [5.74, 6) is 0. The minimum atomic E-state index is 0.891. The van der Waals surface area contributed by atoms with Crippen LogP contribution in [0.5, 0.6) is 0 Å². The third-order valence-electron chi connectivity index (χ3n) is 3.20. The smallest absolute Gasteiger partial charge is 0.183 e. The maximum atomic E-state index is 4.67. The second-order valence-electron chi connectivity index (χ2n) is 4.90. The highest BCUT2D eigenvalue weighted by atomic mass is 32.1. The van der Waals surface area contributed by atoms with Gasteiger partial charge in [0.1, 0.15) is 0 Å². The Morgan fingerprint density at radius 1 is 1.15 bits per heavy atom. The summed E-state index contributed by atoms with van der Waals surface area (Å²) in [5.41, 5.74) is 5.48. The monoisotopic (exact) mass is 283 g/mol. The molecule has 0 radical (unpaired) electrons. The van der Waals surface area contributed by atoms with Gasteiger partial charge in [0.25, 0.3) is 0 Å². The van der Waals surface area contributed by atoms with Crippen LogP contribution in [0.1, 0.15) is 18.2 Å². The molecule has 1 aromatic carbocycles. The third kappa shape index (κ3) is 2.39. The molecular weight excluding hydrogens is 266 g/mol. The van der Waals surface area contributed by atoms with E-state index < -0.39 is 0 Å². The van der Waals surface area contributed by atoms with Crippen LogP contribution in [0.4, 0.5) is 5.13 Å². The number of nitrogens with zero attached hydrogens (tertiary/aromatic N) is 2. The van der Waals surface area contributed by atoms with Crippen LogP contribution in [-0.4, -0.2) is 16.5 Å². The molecule has 0 saturated carbocycles. The number of rotatable bonds is 3. The Kier molecular flexibility index (Phi) is 3.40. The number of anilines is 1. The summed E-state index contributed by atoms with van der Waals surface area (Å²) in [6.45, 7) is 7.10. The molecule has 1 N–H and O–H groups in total. The number of hydrogen-bond acceptors (Lipinski definition) is 4. The van der Waals surface area contributed by atoms with E-state index in [1.807, 2.05) is 6.92 Å². The van der Waals surface area contributed by atoms with E-state index >= 15 is 0 Å². The second kappa shape index (κ2) is 5.21. The molecule has 3 rings (SSSR count). The number of thiazole rings is 1. The second-order valence-corrected chi connectivity index (χ2v) is 5.76. The SMILES string of the molecule is CCNc1nc(-c2cc(C)nc3ccc(C)cc23)cs1. The normalized spacial score (nSPS) is 10.9. The Hall–Kier alpha value is -1.94. The lowest BCUT2D eigenvalue weighted by molar-refractivity contribution is 1.19. The molecule has 4 heteroatoms. The van der Waals surface area contributed by atoms with Crippen molar-refractivity contribution in [3.05, 3.63) is 40.9 Å². The van der Waals surface area contributed by atoms with Gasteiger partial charge in [-0.3, -0.25) is 4.98 Å². The van der Waals surface area contributed by atoms with Crippen LogP contribution in [-0.2, 0) is 0 Å². The van der Waals surface area contributed by atoms with Crippen molar-refractivity contribution >= 4 is 27.4 Å². The van der Waals surface area contributed by atoms with Gasteiger partial charge in [-0.05, 0) is 39.0 Å². The minimum absolute atomic E-state index is 0.891. The first-order chi connectivity index (χ1) is 9.67. The van der Waals surface area contributed by atoms with Crippen molar-refractivity contribution in [2.24, 2.45) is 0 Å². The van der Waals surface area contributed by atoms with E-state index in [0.717, 1.165) is 34.1 Å². The quantitative estimate of drug-likeness (QED) is 0.774. The Labute approximate surface area is 122 Å². The molecule has 20 heavy (non-hydrogen) atoms. The number of aromatic nitrogens is 2. The van der Waals surface area contributed by atoms with E-state index in [2.05, 4.69) is 58.8 Å². The fourth-order valence-electron chi connectivity index (χ4n) is 2.31. The molecule has 2 heterocycles. The highest BCUT2D eigenvalue weighted by Crippen LogP contribution is 2.31. The van der Waals surface area contributed by atoms with Gasteiger partial charge in [0.2, 0.25) is 0 Å². The summed E-state index contributed by atoms with van der Waals surface area (Å²) in [4.78, 5) is 9.28. The Morgan fingerprint density at radius 3 is 2.80 bits per heavy atom. The molecule has 0 bridgehead atoms. The predicted octanol–water partition coefficient (Wildman–Crippen LogP) is 4.41. The van der Waals surface area contributed by atoms with Crippen LogP contribution in [0.15, 0.2) is 29.6 Å². The van der Waals surface area contributed by atoms with Crippen LogP contribution in [0, 0.1) is 13.8 Å². The van der Waals surface area contributed by atoms with E-state index in [9.17, 15) is 0 Å². The highest BCUT2D eigenvalue weighted by Gasteiger charge is 2.10. The number of aryl methyl sites for hydroxylation is 2. The van der Waals surface area contributed by atoms with Gasteiger partial charge in [0.05, 0.1) is 11.2 Å². The molecule has 3 nitrogen and oxygen atoms in total. The lowest BCUT2D eigenvalue weighted by Crippen LogP contribution is -1.95. The van der Waals surface area contributed by atoms with Crippen LogP contribution in [0.25, 0.3) is 22.2 Å². The summed E-state index contributed by atoms with van der Waals surface area (Å²) in [5, 5.41) is 7.51. The van der Waals surface area contributed by atoms with Gasteiger partial charge in [-0.25, -0.2) is 4.98 Å². The minimum Gasteiger partial charge on any atom is -0.362 e. The van der Waals surface area contributed by atoms with E-state index in [4.69, 9.17) is 0 Å². The molecular formula is C16H17N3S. The van der Waals surface area contributed by atoms with Crippen molar-refractivity contribution in [1.29, 1.82) is 0 Å². The third-order valence-corrected chi connectivity index (χ3v) is 4.00. The van der Waals surface area contributed by atoms with Crippen molar-refractivity contribution in [3.8, 4) is 11.3 Å².